The molecule has 0 spiro atoms. The molecule has 7 heteroatoms. The number of methoxy groups -OCH3 is 2. The van der Waals surface area contributed by atoms with Crippen molar-refractivity contribution in [2.75, 3.05) is 60.2 Å². The highest BCUT2D eigenvalue weighted by Crippen LogP contribution is 2.33. The molecule has 138 valence electrons. The van der Waals surface area contributed by atoms with Crippen LogP contribution >= 0.6 is 0 Å². The van der Waals surface area contributed by atoms with Crippen molar-refractivity contribution in [1.29, 1.82) is 0 Å². The minimum Gasteiger partial charge on any atom is -0.493 e. The minimum atomic E-state index is 0.632. The van der Waals surface area contributed by atoms with Crippen LogP contribution in [-0.4, -0.2) is 75.9 Å². The molecule has 0 aromatic heterocycles. The van der Waals surface area contributed by atoms with Gasteiger partial charge < -0.3 is 24.8 Å². The van der Waals surface area contributed by atoms with Crippen molar-refractivity contribution in [1.82, 2.24) is 9.80 Å². The lowest BCUT2D eigenvalue weighted by molar-refractivity contribution is 0.0674. The number of hydrogen-bond acceptors (Lipinski definition) is 5. The number of rotatable bonds is 5. The van der Waals surface area contributed by atoms with Crippen LogP contribution < -0.4 is 15.2 Å². The molecule has 0 amide bonds. The molecule has 1 aromatic rings. The molecule has 25 heavy (non-hydrogen) atoms. The van der Waals surface area contributed by atoms with E-state index in [-0.39, 0.29) is 0 Å². The molecule has 0 unspecified atom stereocenters. The van der Waals surface area contributed by atoms with E-state index in [1.165, 1.54) is 11.1 Å². The Labute approximate surface area is 149 Å². The van der Waals surface area contributed by atoms with Crippen LogP contribution in [0.3, 0.4) is 0 Å². The van der Waals surface area contributed by atoms with Crippen molar-refractivity contribution in [3.63, 3.8) is 0 Å². The van der Waals surface area contributed by atoms with Gasteiger partial charge in [0.05, 0.1) is 34.0 Å². The zero-order valence-electron chi connectivity index (χ0n) is 15.2. The summed E-state index contributed by atoms with van der Waals surface area (Å²) in [5.74, 6) is 2.22. The third-order valence-electron chi connectivity index (χ3n) is 4.82. The largest absolute Gasteiger partial charge is 0.493 e. The van der Waals surface area contributed by atoms with Gasteiger partial charge in [-0.3, -0.25) is 9.89 Å². The van der Waals surface area contributed by atoms with Gasteiger partial charge in [-0.15, -0.1) is 0 Å². The molecule has 1 fully saturated rings. The first-order chi connectivity index (χ1) is 12.2. The van der Waals surface area contributed by atoms with Gasteiger partial charge >= 0.3 is 0 Å². The highest BCUT2D eigenvalue weighted by molar-refractivity contribution is 5.78. The number of fused-ring (bicyclic) bond motifs is 1. The zero-order chi connectivity index (χ0) is 17.6. The molecular formula is C18H28N4O3. The third-order valence-corrected chi connectivity index (χ3v) is 4.82. The summed E-state index contributed by atoms with van der Waals surface area (Å²) in [5.41, 5.74) is 8.72. The first-order valence-electron chi connectivity index (χ1n) is 8.80. The number of guanidine groups is 1. The number of morpholine rings is 1. The molecule has 0 atom stereocenters. The number of benzene rings is 1. The summed E-state index contributed by atoms with van der Waals surface area (Å²) in [6.07, 6.45) is 1.01. The average molecular weight is 348 g/mol. The number of nitrogens with zero attached hydrogens (tertiary/aromatic N) is 3. The summed E-state index contributed by atoms with van der Waals surface area (Å²) in [6.45, 7) is 6.65. The van der Waals surface area contributed by atoms with Gasteiger partial charge in [0, 0.05) is 32.7 Å². The van der Waals surface area contributed by atoms with Crippen molar-refractivity contribution in [2.45, 2.75) is 13.0 Å². The molecule has 2 N–H and O–H groups in total. The second-order valence-electron chi connectivity index (χ2n) is 6.34. The standard InChI is InChI=1S/C18H28N4O3/c1-23-16-11-14-3-5-21(13-15(14)12-17(16)24-2)6-4-20-18(19)22-7-9-25-10-8-22/h11-12H,3-10,13H2,1-2H3,(H2,19,20). The van der Waals surface area contributed by atoms with E-state index in [2.05, 4.69) is 26.9 Å². The fourth-order valence-corrected chi connectivity index (χ4v) is 3.33. The fraction of sp³-hybridized carbons (Fsp3) is 0.611. The second kappa shape index (κ2) is 8.40. The maximum Gasteiger partial charge on any atom is 0.191 e. The van der Waals surface area contributed by atoms with E-state index in [0.29, 0.717) is 12.5 Å². The molecule has 1 saturated heterocycles. The number of nitrogens with two attached hydrogens (primary N) is 1. The molecule has 0 bridgehead atoms. The van der Waals surface area contributed by atoms with Gasteiger partial charge in [0.1, 0.15) is 0 Å². The van der Waals surface area contributed by atoms with Crippen LogP contribution in [0.25, 0.3) is 0 Å². The Bertz CT molecular complexity index is 615. The van der Waals surface area contributed by atoms with Crippen molar-refractivity contribution in [3.05, 3.63) is 23.3 Å². The van der Waals surface area contributed by atoms with Crippen LogP contribution in [0.2, 0.25) is 0 Å². The van der Waals surface area contributed by atoms with E-state index in [0.717, 1.165) is 63.9 Å². The van der Waals surface area contributed by atoms with E-state index in [9.17, 15) is 0 Å². The molecule has 0 radical (unpaired) electrons. The summed E-state index contributed by atoms with van der Waals surface area (Å²) in [4.78, 5) is 9.03. The first-order valence-corrected chi connectivity index (χ1v) is 8.80. The predicted molar refractivity (Wildman–Crippen MR) is 97.4 cm³/mol. The van der Waals surface area contributed by atoms with Crippen molar-refractivity contribution >= 4 is 5.96 Å². The Morgan fingerprint density at radius 2 is 1.80 bits per heavy atom. The Kier molecular flexibility index (Phi) is 5.99. The van der Waals surface area contributed by atoms with Crippen LogP contribution in [-0.2, 0) is 17.7 Å². The second-order valence-corrected chi connectivity index (χ2v) is 6.34. The highest BCUT2D eigenvalue weighted by Gasteiger charge is 2.19. The smallest absolute Gasteiger partial charge is 0.191 e. The van der Waals surface area contributed by atoms with Gasteiger partial charge in [-0.2, -0.15) is 0 Å². The number of aliphatic imine (C=N–C) groups is 1. The predicted octanol–water partition coefficient (Wildman–Crippen LogP) is 0.709. The van der Waals surface area contributed by atoms with Gasteiger partial charge in [-0.05, 0) is 29.7 Å². The van der Waals surface area contributed by atoms with Crippen LogP contribution in [0.4, 0.5) is 0 Å². The topological polar surface area (TPSA) is 72.5 Å². The maximum atomic E-state index is 6.08. The Morgan fingerprint density at radius 1 is 1.12 bits per heavy atom. The van der Waals surface area contributed by atoms with Gasteiger partial charge in [-0.1, -0.05) is 0 Å². The molecule has 0 aliphatic carbocycles. The minimum absolute atomic E-state index is 0.632. The van der Waals surface area contributed by atoms with E-state index in [4.69, 9.17) is 19.9 Å². The van der Waals surface area contributed by atoms with Gasteiger partial charge in [0.15, 0.2) is 17.5 Å². The molecule has 3 rings (SSSR count). The average Bonchev–Trinajstić information content (AvgIpc) is 2.67. The highest BCUT2D eigenvalue weighted by atomic mass is 16.5. The quantitative estimate of drug-likeness (QED) is 0.624. The third kappa shape index (κ3) is 4.35. The molecule has 7 nitrogen and oxygen atoms in total. The van der Waals surface area contributed by atoms with Crippen LogP contribution in [0.1, 0.15) is 11.1 Å². The van der Waals surface area contributed by atoms with E-state index in [1.54, 1.807) is 14.2 Å². The normalized spacial score (nSPS) is 18.8. The maximum absolute atomic E-state index is 6.08. The SMILES string of the molecule is COc1cc2c(cc1OC)CN(CCN=C(N)N1CCOCC1)CC2. The summed E-state index contributed by atoms with van der Waals surface area (Å²) in [6, 6.07) is 4.19. The van der Waals surface area contributed by atoms with Crippen LogP contribution in [0.5, 0.6) is 11.5 Å². The molecule has 2 aliphatic heterocycles. The first kappa shape index (κ1) is 17.8. The van der Waals surface area contributed by atoms with Crippen molar-refractivity contribution in [2.24, 2.45) is 10.7 Å². The number of ether oxygens (including phenoxy) is 3. The Balaban J connectivity index is 1.55. The monoisotopic (exact) mass is 348 g/mol. The van der Waals surface area contributed by atoms with Gasteiger partial charge in [0.2, 0.25) is 0 Å². The van der Waals surface area contributed by atoms with E-state index < -0.39 is 0 Å². The van der Waals surface area contributed by atoms with Crippen LogP contribution in [0, 0.1) is 0 Å². The van der Waals surface area contributed by atoms with E-state index >= 15 is 0 Å². The summed E-state index contributed by atoms with van der Waals surface area (Å²) >= 11 is 0. The zero-order valence-corrected chi connectivity index (χ0v) is 15.2. The summed E-state index contributed by atoms with van der Waals surface area (Å²) < 4.78 is 16.2. The van der Waals surface area contributed by atoms with Crippen LogP contribution in [0.15, 0.2) is 17.1 Å². The molecule has 0 saturated carbocycles. The van der Waals surface area contributed by atoms with Crippen molar-refractivity contribution < 1.29 is 14.2 Å². The Hall–Kier alpha value is -1.99. The Morgan fingerprint density at radius 3 is 2.48 bits per heavy atom. The number of hydrogen-bond donors (Lipinski definition) is 1. The van der Waals surface area contributed by atoms with Crippen molar-refractivity contribution in [3.8, 4) is 11.5 Å². The van der Waals surface area contributed by atoms with Gasteiger partial charge in [-0.25, -0.2) is 0 Å². The summed E-state index contributed by atoms with van der Waals surface area (Å²) in [5, 5.41) is 0. The lowest BCUT2D eigenvalue weighted by Gasteiger charge is -2.30. The van der Waals surface area contributed by atoms with Gasteiger partial charge in [0.25, 0.3) is 0 Å². The molecule has 2 aliphatic rings. The molecule has 1 aromatic carbocycles. The lowest BCUT2D eigenvalue weighted by atomic mass is 9.99. The fourth-order valence-electron chi connectivity index (χ4n) is 3.33. The molecular weight excluding hydrogens is 320 g/mol. The van der Waals surface area contributed by atoms with E-state index in [1.807, 2.05) is 0 Å². The lowest BCUT2D eigenvalue weighted by Crippen LogP contribution is -2.45. The molecule has 2 heterocycles. The summed E-state index contributed by atoms with van der Waals surface area (Å²) in [7, 11) is 3.35.